The van der Waals surface area contributed by atoms with Crippen LogP contribution in [0.1, 0.15) is 17.7 Å². The Bertz CT molecular complexity index is 532. The number of pyridine rings is 1. The second-order valence-electron chi connectivity index (χ2n) is 3.87. The first kappa shape index (κ1) is 13.5. The minimum Gasteiger partial charge on any atom is -0.369 e. The van der Waals surface area contributed by atoms with Crippen molar-refractivity contribution in [1.29, 1.82) is 5.26 Å². The van der Waals surface area contributed by atoms with Crippen LogP contribution >= 0.6 is 0 Å². The van der Waals surface area contributed by atoms with Crippen molar-refractivity contribution in [2.45, 2.75) is 13.3 Å². The van der Waals surface area contributed by atoms with Gasteiger partial charge in [0, 0.05) is 18.5 Å². The second kappa shape index (κ2) is 5.64. The van der Waals surface area contributed by atoms with E-state index in [-0.39, 0.29) is 5.75 Å². The third-order valence-electron chi connectivity index (χ3n) is 2.14. The predicted octanol–water partition coefficient (Wildman–Crippen LogP) is 1.11. The molecule has 92 valence electrons. The maximum Gasteiger partial charge on any atom is 0.147 e. The fraction of sp³-hybridized carbons (Fsp3) is 0.455. The molecule has 0 radical (unpaired) electrons. The minimum absolute atomic E-state index is 0.133. The first-order valence-electron chi connectivity index (χ1n) is 5.22. The van der Waals surface area contributed by atoms with E-state index in [2.05, 4.69) is 10.3 Å². The zero-order valence-corrected chi connectivity index (χ0v) is 10.7. The second-order valence-corrected chi connectivity index (χ2v) is 6.13. The number of hydrogen-bond acceptors (Lipinski definition) is 5. The Morgan fingerprint density at radius 2 is 2.18 bits per heavy atom. The van der Waals surface area contributed by atoms with Gasteiger partial charge in [-0.2, -0.15) is 5.26 Å². The van der Waals surface area contributed by atoms with Gasteiger partial charge in [-0.3, -0.25) is 0 Å². The van der Waals surface area contributed by atoms with Gasteiger partial charge in [-0.15, -0.1) is 0 Å². The van der Waals surface area contributed by atoms with Crippen molar-refractivity contribution in [3.63, 3.8) is 0 Å². The Kier molecular flexibility index (Phi) is 4.46. The highest BCUT2D eigenvalue weighted by Crippen LogP contribution is 2.11. The summed E-state index contributed by atoms with van der Waals surface area (Å²) in [5, 5.41) is 11.8. The van der Waals surface area contributed by atoms with Crippen molar-refractivity contribution in [3.05, 3.63) is 23.4 Å². The smallest absolute Gasteiger partial charge is 0.147 e. The Labute approximate surface area is 101 Å². The summed E-state index contributed by atoms with van der Waals surface area (Å²) in [5.74, 6) is 0.647. The van der Waals surface area contributed by atoms with Crippen LogP contribution < -0.4 is 5.32 Å². The molecule has 0 saturated carbocycles. The van der Waals surface area contributed by atoms with E-state index in [1.165, 1.54) is 6.26 Å². The van der Waals surface area contributed by atoms with Gasteiger partial charge in [0.15, 0.2) is 0 Å². The van der Waals surface area contributed by atoms with Crippen molar-refractivity contribution in [1.82, 2.24) is 4.98 Å². The van der Waals surface area contributed by atoms with Crippen LogP contribution in [-0.2, 0) is 9.84 Å². The first-order valence-corrected chi connectivity index (χ1v) is 7.28. The molecule has 0 saturated heterocycles. The van der Waals surface area contributed by atoms with E-state index in [1.807, 2.05) is 13.0 Å². The topological polar surface area (TPSA) is 82.9 Å². The molecule has 1 aromatic rings. The number of anilines is 1. The summed E-state index contributed by atoms with van der Waals surface area (Å²) < 4.78 is 21.8. The van der Waals surface area contributed by atoms with E-state index in [1.54, 1.807) is 12.1 Å². The number of sulfone groups is 1. The van der Waals surface area contributed by atoms with Crippen molar-refractivity contribution >= 4 is 15.7 Å². The van der Waals surface area contributed by atoms with Crippen LogP contribution in [0, 0.1) is 18.3 Å². The molecule has 0 aliphatic heterocycles. The molecule has 5 nitrogen and oxygen atoms in total. The lowest BCUT2D eigenvalue weighted by Gasteiger charge is -2.07. The highest BCUT2D eigenvalue weighted by atomic mass is 32.2. The number of rotatable bonds is 5. The normalized spacial score (nSPS) is 10.9. The van der Waals surface area contributed by atoms with E-state index < -0.39 is 9.84 Å². The highest BCUT2D eigenvalue weighted by molar-refractivity contribution is 7.90. The van der Waals surface area contributed by atoms with Gasteiger partial charge in [0.1, 0.15) is 21.7 Å². The quantitative estimate of drug-likeness (QED) is 0.795. The van der Waals surface area contributed by atoms with Gasteiger partial charge in [0.25, 0.3) is 0 Å². The zero-order valence-electron chi connectivity index (χ0n) is 9.90. The highest BCUT2D eigenvalue weighted by Gasteiger charge is 2.05. The van der Waals surface area contributed by atoms with Crippen LogP contribution in [0.4, 0.5) is 5.82 Å². The maximum atomic E-state index is 10.9. The molecular weight excluding hydrogens is 238 g/mol. The molecule has 0 spiro atoms. The van der Waals surface area contributed by atoms with Crippen LogP contribution in [0.15, 0.2) is 12.1 Å². The number of nitriles is 1. The van der Waals surface area contributed by atoms with Crippen molar-refractivity contribution in [2.24, 2.45) is 0 Å². The third kappa shape index (κ3) is 4.83. The monoisotopic (exact) mass is 253 g/mol. The molecule has 1 N–H and O–H groups in total. The van der Waals surface area contributed by atoms with Crippen LogP contribution in [-0.4, -0.2) is 32.0 Å². The molecule has 0 unspecified atom stereocenters. The molecule has 0 amide bonds. The molecule has 1 heterocycles. The Morgan fingerprint density at radius 3 is 2.76 bits per heavy atom. The maximum absolute atomic E-state index is 10.9. The van der Waals surface area contributed by atoms with Crippen molar-refractivity contribution < 1.29 is 8.42 Å². The minimum atomic E-state index is -2.93. The Morgan fingerprint density at radius 1 is 1.47 bits per heavy atom. The van der Waals surface area contributed by atoms with E-state index in [0.717, 1.165) is 5.69 Å². The summed E-state index contributed by atoms with van der Waals surface area (Å²) in [6.45, 7) is 2.32. The van der Waals surface area contributed by atoms with Gasteiger partial charge in [0.05, 0.1) is 11.3 Å². The van der Waals surface area contributed by atoms with Gasteiger partial charge in [0.2, 0.25) is 0 Å². The van der Waals surface area contributed by atoms with E-state index in [4.69, 9.17) is 5.26 Å². The van der Waals surface area contributed by atoms with Crippen molar-refractivity contribution in [2.75, 3.05) is 23.9 Å². The summed E-state index contributed by atoms with van der Waals surface area (Å²) >= 11 is 0. The van der Waals surface area contributed by atoms with Crippen molar-refractivity contribution in [3.8, 4) is 6.07 Å². The van der Waals surface area contributed by atoms with E-state index in [0.29, 0.717) is 24.3 Å². The number of aromatic nitrogens is 1. The molecule has 17 heavy (non-hydrogen) atoms. The molecule has 0 bridgehead atoms. The Hall–Kier alpha value is -1.61. The summed E-state index contributed by atoms with van der Waals surface area (Å²) in [5.41, 5.74) is 1.28. The Balaban J connectivity index is 2.58. The molecule has 6 heteroatoms. The molecule has 1 aromatic heterocycles. The molecule has 0 aromatic carbocycles. The lowest BCUT2D eigenvalue weighted by atomic mass is 10.2. The molecule has 0 atom stereocenters. The van der Waals surface area contributed by atoms with Gasteiger partial charge in [-0.05, 0) is 25.5 Å². The summed E-state index contributed by atoms with van der Waals surface area (Å²) in [4.78, 5) is 4.19. The van der Waals surface area contributed by atoms with Gasteiger partial charge in [-0.25, -0.2) is 13.4 Å². The molecule has 0 aliphatic rings. The fourth-order valence-electron chi connectivity index (χ4n) is 1.32. The zero-order chi connectivity index (χ0) is 12.9. The molecule has 0 fully saturated rings. The van der Waals surface area contributed by atoms with Crippen LogP contribution in [0.25, 0.3) is 0 Å². The third-order valence-corrected chi connectivity index (χ3v) is 3.17. The fourth-order valence-corrected chi connectivity index (χ4v) is 1.99. The van der Waals surface area contributed by atoms with E-state index >= 15 is 0 Å². The lowest BCUT2D eigenvalue weighted by Crippen LogP contribution is -2.11. The summed E-state index contributed by atoms with van der Waals surface area (Å²) in [6.07, 6.45) is 1.71. The standard InChI is InChI=1S/C11H15N3O2S/c1-9-4-5-10(8-12)11(14-9)13-6-3-7-17(2,15)16/h4-5H,3,6-7H2,1-2H3,(H,13,14). The summed E-state index contributed by atoms with van der Waals surface area (Å²) in [7, 11) is -2.93. The number of hydrogen-bond donors (Lipinski definition) is 1. The average Bonchev–Trinajstić information content (AvgIpc) is 2.23. The number of aryl methyl sites for hydroxylation is 1. The van der Waals surface area contributed by atoms with Crippen LogP contribution in [0.5, 0.6) is 0 Å². The van der Waals surface area contributed by atoms with Gasteiger partial charge >= 0.3 is 0 Å². The molecule has 1 rings (SSSR count). The average molecular weight is 253 g/mol. The van der Waals surface area contributed by atoms with Crippen LogP contribution in [0.3, 0.4) is 0 Å². The van der Waals surface area contributed by atoms with Gasteiger partial charge < -0.3 is 5.32 Å². The molecular formula is C11H15N3O2S. The lowest BCUT2D eigenvalue weighted by molar-refractivity contribution is 0.600. The van der Waals surface area contributed by atoms with Gasteiger partial charge in [-0.1, -0.05) is 0 Å². The number of nitrogens with one attached hydrogen (secondary N) is 1. The SMILES string of the molecule is Cc1ccc(C#N)c(NCCCS(C)(=O)=O)n1. The largest absolute Gasteiger partial charge is 0.369 e. The first-order chi connectivity index (χ1) is 7.92. The number of nitrogens with zero attached hydrogens (tertiary/aromatic N) is 2. The summed E-state index contributed by atoms with van der Waals surface area (Å²) in [6, 6.07) is 5.50. The predicted molar refractivity (Wildman–Crippen MR) is 66.5 cm³/mol. The van der Waals surface area contributed by atoms with E-state index in [9.17, 15) is 8.42 Å². The van der Waals surface area contributed by atoms with Crippen LogP contribution in [0.2, 0.25) is 0 Å². The molecule has 0 aliphatic carbocycles.